The van der Waals surface area contributed by atoms with Gasteiger partial charge in [-0.3, -0.25) is 4.90 Å². The van der Waals surface area contributed by atoms with E-state index in [1.54, 1.807) is 0 Å². The van der Waals surface area contributed by atoms with Crippen LogP contribution in [0.4, 0.5) is 0 Å². The van der Waals surface area contributed by atoms with E-state index in [4.69, 9.17) is 5.73 Å². The van der Waals surface area contributed by atoms with Crippen molar-refractivity contribution in [2.45, 2.75) is 46.6 Å². The van der Waals surface area contributed by atoms with Crippen LogP contribution in [0.25, 0.3) is 0 Å². The van der Waals surface area contributed by atoms with Gasteiger partial charge in [0.25, 0.3) is 0 Å². The molecule has 0 radical (unpaired) electrons. The van der Waals surface area contributed by atoms with Crippen molar-refractivity contribution in [3.63, 3.8) is 0 Å². The Kier molecular flexibility index (Phi) is 7.29. The Labute approximate surface area is 83.5 Å². The summed E-state index contributed by atoms with van der Waals surface area (Å²) in [5.41, 5.74) is 5.78. The van der Waals surface area contributed by atoms with Crippen LogP contribution < -0.4 is 5.73 Å². The first-order valence-electron chi connectivity index (χ1n) is 5.61. The molecule has 1 atom stereocenters. The fourth-order valence-electron chi connectivity index (χ4n) is 1.76. The lowest BCUT2D eigenvalue weighted by molar-refractivity contribution is 0.165. The van der Waals surface area contributed by atoms with Crippen LogP contribution in [-0.2, 0) is 0 Å². The van der Waals surface area contributed by atoms with Gasteiger partial charge in [-0.05, 0) is 25.4 Å². The van der Waals surface area contributed by atoms with Crippen LogP contribution >= 0.6 is 0 Å². The van der Waals surface area contributed by atoms with E-state index in [0.29, 0.717) is 12.0 Å². The number of nitrogens with zero attached hydrogens (tertiary/aromatic N) is 1. The highest BCUT2D eigenvalue weighted by atomic mass is 15.2. The summed E-state index contributed by atoms with van der Waals surface area (Å²) in [7, 11) is 0. The van der Waals surface area contributed by atoms with E-state index in [1.165, 1.54) is 19.4 Å². The quantitative estimate of drug-likeness (QED) is 0.659. The summed E-state index contributed by atoms with van der Waals surface area (Å²) < 4.78 is 0. The molecule has 80 valence electrons. The molecular formula is C11H26N2. The molecule has 0 heterocycles. The van der Waals surface area contributed by atoms with Crippen LogP contribution in [0.15, 0.2) is 0 Å². The van der Waals surface area contributed by atoms with Crippen LogP contribution in [-0.4, -0.2) is 30.6 Å². The van der Waals surface area contributed by atoms with E-state index in [1.807, 2.05) is 0 Å². The Morgan fingerprint density at radius 1 is 1.23 bits per heavy atom. The van der Waals surface area contributed by atoms with Gasteiger partial charge in [0.1, 0.15) is 0 Å². The predicted molar refractivity (Wildman–Crippen MR) is 59.8 cm³/mol. The molecule has 0 saturated carbocycles. The first-order valence-corrected chi connectivity index (χ1v) is 5.61. The maximum atomic E-state index is 5.78. The van der Waals surface area contributed by atoms with Gasteiger partial charge in [0.15, 0.2) is 0 Å². The van der Waals surface area contributed by atoms with Crippen molar-refractivity contribution in [2.75, 3.05) is 19.6 Å². The van der Waals surface area contributed by atoms with Gasteiger partial charge < -0.3 is 5.73 Å². The van der Waals surface area contributed by atoms with E-state index in [-0.39, 0.29) is 0 Å². The van der Waals surface area contributed by atoms with E-state index in [2.05, 4.69) is 32.6 Å². The molecule has 0 aromatic carbocycles. The topological polar surface area (TPSA) is 29.3 Å². The monoisotopic (exact) mass is 186 g/mol. The maximum absolute atomic E-state index is 5.78. The highest BCUT2D eigenvalue weighted by Crippen LogP contribution is 2.10. The SMILES string of the molecule is CCCCN(CC)C(CN)C(C)C. The van der Waals surface area contributed by atoms with Gasteiger partial charge in [0, 0.05) is 12.6 Å². The normalized spacial score (nSPS) is 14.1. The molecule has 0 aromatic heterocycles. The number of likely N-dealkylation sites (N-methyl/N-ethyl adjacent to an activating group) is 1. The first-order chi connectivity index (χ1) is 6.17. The zero-order valence-corrected chi connectivity index (χ0v) is 9.71. The van der Waals surface area contributed by atoms with E-state index in [0.717, 1.165) is 13.1 Å². The zero-order valence-electron chi connectivity index (χ0n) is 9.71. The van der Waals surface area contributed by atoms with Gasteiger partial charge in [0.05, 0.1) is 0 Å². The fourth-order valence-corrected chi connectivity index (χ4v) is 1.76. The van der Waals surface area contributed by atoms with E-state index in [9.17, 15) is 0 Å². The molecule has 0 rings (SSSR count). The molecule has 0 aromatic rings. The van der Waals surface area contributed by atoms with Crippen LogP contribution in [0.1, 0.15) is 40.5 Å². The molecular weight excluding hydrogens is 160 g/mol. The lowest BCUT2D eigenvalue weighted by atomic mass is 10.0. The molecule has 2 N–H and O–H groups in total. The smallest absolute Gasteiger partial charge is 0.0241 e. The second-order valence-corrected chi connectivity index (χ2v) is 4.03. The van der Waals surface area contributed by atoms with Crippen molar-refractivity contribution in [1.82, 2.24) is 4.90 Å². The minimum absolute atomic E-state index is 0.566. The van der Waals surface area contributed by atoms with Crippen LogP contribution in [0.3, 0.4) is 0 Å². The van der Waals surface area contributed by atoms with E-state index >= 15 is 0 Å². The molecule has 0 aliphatic heterocycles. The standard InChI is InChI=1S/C11H26N2/c1-5-7-8-13(6-2)11(9-12)10(3)4/h10-11H,5-9,12H2,1-4H3. The van der Waals surface area contributed by atoms with Gasteiger partial charge in [-0.1, -0.05) is 34.1 Å². The lowest BCUT2D eigenvalue weighted by Gasteiger charge is -2.32. The summed E-state index contributed by atoms with van der Waals surface area (Å²) in [6.45, 7) is 12.1. The maximum Gasteiger partial charge on any atom is 0.0241 e. The van der Waals surface area contributed by atoms with Crippen molar-refractivity contribution in [1.29, 1.82) is 0 Å². The molecule has 0 saturated heterocycles. The second kappa shape index (κ2) is 7.34. The third-order valence-electron chi connectivity index (χ3n) is 2.69. The molecule has 0 amide bonds. The van der Waals surface area contributed by atoms with E-state index < -0.39 is 0 Å². The number of unbranched alkanes of at least 4 members (excludes halogenated alkanes) is 1. The summed E-state index contributed by atoms with van der Waals surface area (Å²) in [6, 6.07) is 0.566. The highest BCUT2D eigenvalue weighted by Gasteiger charge is 2.17. The Morgan fingerprint density at radius 3 is 2.15 bits per heavy atom. The summed E-state index contributed by atoms with van der Waals surface area (Å²) in [5.74, 6) is 0.668. The van der Waals surface area contributed by atoms with Crippen molar-refractivity contribution in [2.24, 2.45) is 11.7 Å². The lowest BCUT2D eigenvalue weighted by Crippen LogP contribution is -2.44. The summed E-state index contributed by atoms with van der Waals surface area (Å²) in [4.78, 5) is 2.51. The molecule has 0 fully saturated rings. The van der Waals surface area contributed by atoms with Crippen molar-refractivity contribution in [3.8, 4) is 0 Å². The number of hydrogen-bond donors (Lipinski definition) is 1. The predicted octanol–water partition coefficient (Wildman–Crippen LogP) is 2.09. The minimum atomic E-state index is 0.566. The van der Waals surface area contributed by atoms with Crippen molar-refractivity contribution < 1.29 is 0 Å². The third-order valence-corrected chi connectivity index (χ3v) is 2.69. The summed E-state index contributed by atoms with van der Waals surface area (Å²) in [6.07, 6.45) is 2.56. The Morgan fingerprint density at radius 2 is 1.85 bits per heavy atom. The molecule has 2 heteroatoms. The average Bonchev–Trinajstić information content (AvgIpc) is 2.11. The van der Waals surface area contributed by atoms with Crippen LogP contribution in [0.5, 0.6) is 0 Å². The van der Waals surface area contributed by atoms with Gasteiger partial charge in [-0.15, -0.1) is 0 Å². The minimum Gasteiger partial charge on any atom is -0.329 e. The number of nitrogens with two attached hydrogens (primary N) is 1. The molecule has 0 spiro atoms. The Hall–Kier alpha value is -0.0800. The third kappa shape index (κ3) is 4.63. The molecule has 0 aliphatic rings. The molecule has 0 aliphatic carbocycles. The van der Waals surface area contributed by atoms with Gasteiger partial charge >= 0.3 is 0 Å². The Balaban J connectivity index is 4.00. The Bertz CT molecular complexity index is 113. The molecule has 13 heavy (non-hydrogen) atoms. The highest BCUT2D eigenvalue weighted by molar-refractivity contribution is 4.74. The second-order valence-electron chi connectivity index (χ2n) is 4.03. The first kappa shape index (κ1) is 12.9. The van der Waals surface area contributed by atoms with Gasteiger partial charge in [0.2, 0.25) is 0 Å². The fraction of sp³-hybridized carbons (Fsp3) is 1.00. The molecule has 2 nitrogen and oxygen atoms in total. The molecule has 1 unspecified atom stereocenters. The van der Waals surface area contributed by atoms with Crippen molar-refractivity contribution in [3.05, 3.63) is 0 Å². The zero-order chi connectivity index (χ0) is 10.3. The largest absolute Gasteiger partial charge is 0.329 e. The number of rotatable bonds is 7. The molecule has 0 bridgehead atoms. The van der Waals surface area contributed by atoms with Crippen LogP contribution in [0.2, 0.25) is 0 Å². The van der Waals surface area contributed by atoms with Crippen molar-refractivity contribution >= 4 is 0 Å². The van der Waals surface area contributed by atoms with Crippen LogP contribution in [0, 0.1) is 5.92 Å². The van der Waals surface area contributed by atoms with Gasteiger partial charge in [-0.2, -0.15) is 0 Å². The summed E-state index contributed by atoms with van der Waals surface area (Å²) in [5, 5.41) is 0. The number of hydrogen-bond acceptors (Lipinski definition) is 2. The summed E-state index contributed by atoms with van der Waals surface area (Å²) >= 11 is 0. The average molecular weight is 186 g/mol. The van der Waals surface area contributed by atoms with Gasteiger partial charge in [-0.25, -0.2) is 0 Å².